The van der Waals surface area contributed by atoms with Crippen LogP contribution in [-0.2, 0) is 9.59 Å². The Bertz CT molecular complexity index is 559. The van der Waals surface area contributed by atoms with Crippen LogP contribution in [0.25, 0.3) is 0 Å². The lowest BCUT2D eigenvalue weighted by Crippen LogP contribution is -2.25. The molecule has 0 bridgehead atoms. The van der Waals surface area contributed by atoms with Gasteiger partial charge < -0.3 is 15.7 Å². The molecule has 1 unspecified atom stereocenters. The van der Waals surface area contributed by atoms with Gasteiger partial charge in [0.15, 0.2) is 0 Å². The normalized spacial score (nSPS) is 17.9. The second kappa shape index (κ2) is 5.27. The zero-order valence-electron chi connectivity index (χ0n) is 9.77. The minimum Gasteiger partial charge on any atom is -0.478 e. The van der Waals surface area contributed by atoms with Gasteiger partial charge in [-0.2, -0.15) is 0 Å². The summed E-state index contributed by atoms with van der Waals surface area (Å²) in [7, 11) is 0. The first-order chi connectivity index (χ1) is 8.97. The van der Waals surface area contributed by atoms with E-state index in [0.717, 1.165) is 0 Å². The average molecular weight is 283 g/mol. The van der Waals surface area contributed by atoms with Crippen molar-refractivity contribution in [3.05, 3.63) is 28.8 Å². The fourth-order valence-corrected chi connectivity index (χ4v) is 2.00. The standard InChI is InChI=1S/C12H11ClN2O4/c13-7-1-2-8(12(18)19)9(4-7)15-11(17)6-3-10(16)14-5-6/h1-2,4,6H,3,5H2,(H,14,16)(H,15,17)(H,18,19). The molecule has 19 heavy (non-hydrogen) atoms. The number of carbonyl (C=O) groups excluding carboxylic acids is 2. The van der Waals surface area contributed by atoms with Gasteiger partial charge in [-0.25, -0.2) is 4.79 Å². The fraction of sp³-hybridized carbons (Fsp3) is 0.250. The van der Waals surface area contributed by atoms with Crippen molar-refractivity contribution in [2.45, 2.75) is 6.42 Å². The number of halogens is 1. The summed E-state index contributed by atoms with van der Waals surface area (Å²) in [5.74, 6) is -2.24. The monoisotopic (exact) mass is 282 g/mol. The van der Waals surface area contributed by atoms with Gasteiger partial charge >= 0.3 is 5.97 Å². The van der Waals surface area contributed by atoms with Crippen LogP contribution in [0.5, 0.6) is 0 Å². The number of rotatable bonds is 3. The summed E-state index contributed by atoms with van der Waals surface area (Å²) < 4.78 is 0. The Hall–Kier alpha value is -2.08. The highest BCUT2D eigenvalue weighted by molar-refractivity contribution is 6.31. The molecule has 1 heterocycles. The summed E-state index contributed by atoms with van der Waals surface area (Å²) in [4.78, 5) is 34.0. The summed E-state index contributed by atoms with van der Waals surface area (Å²) in [5, 5.41) is 14.4. The van der Waals surface area contributed by atoms with Crippen LogP contribution in [0, 0.1) is 5.92 Å². The van der Waals surface area contributed by atoms with Crippen molar-refractivity contribution < 1.29 is 19.5 Å². The van der Waals surface area contributed by atoms with E-state index in [9.17, 15) is 14.4 Å². The molecule has 2 rings (SSSR count). The number of hydrogen-bond donors (Lipinski definition) is 3. The molecule has 0 spiro atoms. The molecule has 1 aliphatic heterocycles. The van der Waals surface area contributed by atoms with E-state index >= 15 is 0 Å². The molecule has 0 radical (unpaired) electrons. The van der Waals surface area contributed by atoms with E-state index in [1.807, 2.05) is 0 Å². The number of nitrogens with one attached hydrogen (secondary N) is 2. The maximum Gasteiger partial charge on any atom is 0.337 e. The van der Waals surface area contributed by atoms with Gasteiger partial charge in [0.1, 0.15) is 0 Å². The van der Waals surface area contributed by atoms with Crippen LogP contribution in [0.15, 0.2) is 18.2 Å². The largest absolute Gasteiger partial charge is 0.478 e. The van der Waals surface area contributed by atoms with Gasteiger partial charge in [0, 0.05) is 18.0 Å². The molecule has 1 aromatic rings. The first-order valence-electron chi connectivity index (χ1n) is 5.58. The van der Waals surface area contributed by atoms with Crippen molar-refractivity contribution in [3.8, 4) is 0 Å². The fourth-order valence-electron chi connectivity index (χ4n) is 1.83. The number of carbonyl (C=O) groups is 3. The smallest absolute Gasteiger partial charge is 0.337 e. The topological polar surface area (TPSA) is 95.5 Å². The molecule has 2 amide bonds. The highest BCUT2D eigenvalue weighted by Crippen LogP contribution is 2.22. The molecule has 0 aromatic heterocycles. The molecule has 100 valence electrons. The highest BCUT2D eigenvalue weighted by Gasteiger charge is 2.28. The van der Waals surface area contributed by atoms with Crippen molar-refractivity contribution in [3.63, 3.8) is 0 Å². The summed E-state index contributed by atoms with van der Waals surface area (Å²) in [6.07, 6.45) is 0.106. The molecule has 1 aliphatic rings. The van der Waals surface area contributed by atoms with E-state index in [-0.39, 0.29) is 30.1 Å². The molecule has 0 saturated carbocycles. The predicted molar refractivity (Wildman–Crippen MR) is 68.2 cm³/mol. The van der Waals surface area contributed by atoms with Crippen LogP contribution < -0.4 is 10.6 Å². The first kappa shape index (κ1) is 13.4. The Morgan fingerprint density at radius 3 is 2.74 bits per heavy atom. The van der Waals surface area contributed by atoms with Gasteiger partial charge in [-0.3, -0.25) is 9.59 Å². The molecule has 0 aliphatic carbocycles. The molecule has 1 fully saturated rings. The Morgan fingerprint density at radius 2 is 2.16 bits per heavy atom. The van der Waals surface area contributed by atoms with Gasteiger partial charge in [-0.15, -0.1) is 0 Å². The van der Waals surface area contributed by atoms with Crippen LogP contribution >= 0.6 is 11.6 Å². The summed E-state index contributed by atoms with van der Waals surface area (Å²) in [6, 6.07) is 4.12. The van der Waals surface area contributed by atoms with Crippen molar-refractivity contribution in [2.24, 2.45) is 5.92 Å². The van der Waals surface area contributed by atoms with E-state index in [1.165, 1.54) is 18.2 Å². The molecular formula is C12H11ClN2O4. The molecule has 1 saturated heterocycles. The van der Waals surface area contributed by atoms with E-state index < -0.39 is 17.8 Å². The van der Waals surface area contributed by atoms with Gasteiger partial charge in [-0.05, 0) is 18.2 Å². The van der Waals surface area contributed by atoms with E-state index in [2.05, 4.69) is 10.6 Å². The number of anilines is 1. The molecule has 1 atom stereocenters. The number of carboxylic acid groups (broad SMARTS) is 1. The Balaban J connectivity index is 2.18. The summed E-state index contributed by atoms with van der Waals surface area (Å²) in [5.41, 5.74) is 0.0828. The zero-order chi connectivity index (χ0) is 14.0. The van der Waals surface area contributed by atoms with Crippen molar-refractivity contribution >= 4 is 35.1 Å². The minimum atomic E-state index is -1.16. The van der Waals surface area contributed by atoms with Crippen LogP contribution in [-0.4, -0.2) is 29.4 Å². The second-order valence-corrected chi connectivity index (χ2v) is 4.63. The Labute approximate surface area is 113 Å². The zero-order valence-corrected chi connectivity index (χ0v) is 10.5. The van der Waals surface area contributed by atoms with Crippen LogP contribution in [0.4, 0.5) is 5.69 Å². The molecule has 6 nitrogen and oxygen atoms in total. The Kier molecular flexibility index (Phi) is 3.71. The van der Waals surface area contributed by atoms with Crippen LogP contribution in [0.3, 0.4) is 0 Å². The van der Waals surface area contributed by atoms with E-state index in [4.69, 9.17) is 16.7 Å². The lowest BCUT2D eigenvalue weighted by molar-refractivity contribution is -0.123. The maximum absolute atomic E-state index is 11.9. The maximum atomic E-state index is 11.9. The number of benzene rings is 1. The number of carboxylic acids is 1. The van der Waals surface area contributed by atoms with Crippen LogP contribution in [0.2, 0.25) is 5.02 Å². The first-order valence-corrected chi connectivity index (χ1v) is 5.95. The van der Waals surface area contributed by atoms with Gasteiger partial charge in [0.2, 0.25) is 11.8 Å². The third-order valence-electron chi connectivity index (χ3n) is 2.82. The third kappa shape index (κ3) is 3.03. The number of hydrogen-bond acceptors (Lipinski definition) is 3. The second-order valence-electron chi connectivity index (χ2n) is 4.19. The highest BCUT2D eigenvalue weighted by atomic mass is 35.5. The average Bonchev–Trinajstić information content (AvgIpc) is 2.75. The van der Waals surface area contributed by atoms with Gasteiger partial charge in [-0.1, -0.05) is 11.6 Å². The van der Waals surface area contributed by atoms with Crippen molar-refractivity contribution in [1.29, 1.82) is 0 Å². The van der Waals surface area contributed by atoms with Gasteiger partial charge in [0.05, 0.1) is 17.2 Å². The summed E-state index contributed by atoms with van der Waals surface area (Å²) >= 11 is 5.78. The van der Waals surface area contributed by atoms with Crippen molar-refractivity contribution in [1.82, 2.24) is 5.32 Å². The Morgan fingerprint density at radius 1 is 1.42 bits per heavy atom. The van der Waals surface area contributed by atoms with Gasteiger partial charge in [0.25, 0.3) is 0 Å². The van der Waals surface area contributed by atoms with Crippen molar-refractivity contribution in [2.75, 3.05) is 11.9 Å². The lowest BCUT2D eigenvalue weighted by atomic mass is 10.1. The quantitative estimate of drug-likeness (QED) is 0.774. The van der Waals surface area contributed by atoms with Crippen LogP contribution in [0.1, 0.15) is 16.8 Å². The predicted octanol–water partition coefficient (Wildman–Crippen LogP) is 1.11. The number of aromatic carboxylic acids is 1. The third-order valence-corrected chi connectivity index (χ3v) is 3.05. The summed E-state index contributed by atoms with van der Waals surface area (Å²) in [6.45, 7) is 0.258. The van der Waals surface area contributed by atoms with E-state index in [0.29, 0.717) is 5.02 Å². The number of amides is 2. The molecule has 7 heteroatoms. The minimum absolute atomic E-state index is 0.0463. The lowest BCUT2D eigenvalue weighted by Gasteiger charge is -2.11. The molecule has 1 aromatic carbocycles. The SMILES string of the molecule is O=C1CC(C(=O)Nc2cc(Cl)ccc2C(=O)O)CN1. The molecule has 3 N–H and O–H groups in total. The molecular weight excluding hydrogens is 272 g/mol. The van der Waals surface area contributed by atoms with E-state index in [1.54, 1.807) is 0 Å².